The Bertz CT molecular complexity index is 1060. The molecule has 1 fully saturated rings. The van der Waals surface area contributed by atoms with Crippen molar-refractivity contribution in [1.82, 2.24) is 0 Å². The molecule has 0 amide bonds. The number of hydrogen-bond donors (Lipinski definition) is 0. The Morgan fingerprint density at radius 2 is 1.46 bits per heavy atom. The molecule has 0 saturated heterocycles. The van der Waals surface area contributed by atoms with Crippen molar-refractivity contribution in [3.8, 4) is 18.2 Å². The second-order valence-corrected chi connectivity index (χ2v) is 6.66. The van der Waals surface area contributed by atoms with E-state index in [9.17, 15) is 15.8 Å². The summed E-state index contributed by atoms with van der Waals surface area (Å²) in [6.07, 6.45) is 0. The zero-order valence-electron chi connectivity index (χ0n) is 12.7. The largest absolute Gasteiger partial charge is 0.198 e. The minimum absolute atomic E-state index is 0.131. The van der Waals surface area contributed by atoms with Crippen LogP contribution in [0, 0.1) is 44.8 Å². The molecule has 0 aliphatic heterocycles. The maximum absolute atomic E-state index is 10.1. The van der Waals surface area contributed by atoms with E-state index in [4.69, 9.17) is 0 Å². The van der Waals surface area contributed by atoms with Crippen LogP contribution in [0.1, 0.15) is 28.5 Å². The van der Waals surface area contributed by atoms with Crippen LogP contribution in [0.25, 0.3) is 5.57 Å². The molecular weight excluding hydrogens is 294 g/mol. The molecule has 0 spiro atoms. The molecule has 2 aromatic carbocycles. The maximum Gasteiger partial charge on any atom is 0.112 e. The monoisotopic (exact) mass is 305 g/mol. The number of rotatable bonds is 1. The Kier molecular flexibility index (Phi) is 2.15. The van der Waals surface area contributed by atoms with E-state index in [2.05, 4.69) is 18.2 Å². The molecule has 0 heterocycles. The molecule has 2 aromatic rings. The zero-order chi connectivity index (χ0) is 16.5. The van der Waals surface area contributed by atoms with Gasteiger partial charge in [-0.05, 0) is 22.3 Å². The average Bonchev–Trinajstić information content (AvgIpc) is 3.04. The van der Waals surface area contributed by atoms with Crippen molar-refractivity contribution in [3.63, 3.8) is 0 Å². The third kappa shape index (κ3) is 1.04. The second kappa shape index (κ2) is 3.94. The third-order valence-electron chi connectivity index (χ3n) is 6.03. The predicted octanol–water partition coefficient (Wildman–Crippen LogP) is 3.89. The summed E-state index contributed by atoms with van der Waals surface area (Å²) in [5.41, 5.74) is 2.62. The predicted molar refractivity (Wildman–Crippen MR) is 87.0 cm³/mol. The molecule has 0 radical (unpaired) electrons. The fraction of sp³-hybridized carbons (Fsp3) is 0.190. The van der Waals surface area contributed by atoms with Crippen molar-refractivity contribution < 1.29 is 0 Å². The molecule has 3 aliphatic carbocycles. The van der Waals surface area contributed by atoms with Crippen molar-refractivity contribution in [2.45, 2.75) is 11.8 Å². The smallest absolute Gasteiger partial charge is 0.112 e. The van der Waals surface area contributed by atoms with Crippen molar-refractivity contribution in [2.75, 3.05) is 0 Å². The lowest BCUT2D eigenvalue weighted by molar-refractivity contribution is 0.554. The Labute approximate surface area is 139 Å². The third-order valence-corrected chi connectivity index (χ3v) is 6.03. The standard InChI is InChI=1S/C21H11N3/c22-10-16-17(13-6-2-1-3-7-13)20(11-23)19-15-9-5-4-8-14(15)18(16)21(19,20)12-24/h1-9,18-19H/t18-,19?,20?,21+/m0/s1. The number of hydrogen-bond acceptors (Lipinski definition) is 3. The minimum atomic E-state index is -0.896. The normalized spacial score (nSPS) is 33.9. The van der Waals surface area contributed by atoms with Crippen molar-refractivity contribution in [3.05, 3.63) is 76.9 Å². The van der Waals surface area contributed by atoms with Crippen LogP contribution in [0.3, 0.4) is 0 Å². The highest BCUT2D eigenvalue weighted by atomic mass is 14.9. The Balaban J connectivity index is 1.90. The SMILES string of the molecule is N#CC1=C(c2ccccc2)C2(C#N)C3c4ccccc4[C@@H]1[C@]32C#N. The summed E-state index contributed by atoms with van der Waals surface area (Å²) in [6.45, 7) is 0. The number of nitrogens with zero attached hydrogens (tertiary/aromatic N) is 3. The Morgan fingerprint density at radius 3 is 2.08 bits per heavy atom. The number of benzene rings is 2. The van der Waals surface area contributed by atoms with E-state index in [0.717, 1.165) is 22.3 Å². The molecule has 3 nitrogen and oxygen atoms in total. The number of fused-ring (bicyclic) bond motifs is 4. The van der Waals surface area contributed by atoms with Crippen LogP contribution < -0.4 is 0 Å². The number of nitriles is 3. The molecule has 5 rings (SSSR count). The molecule has 0 aromatic heterocycles. The van der Waals surface area contributed by atoms with Crippen LogP contribution in [0.5, 0.6) is 0 Å². The van der Waals surface area contributed by atoms with E-state index in [1.165, 1.54) is 0 Å². The molecule has 3 aliphatic rings. The Hall–Kier alpha value is -3.35. The quantitative estimate of drug-likeness (QED) is 0.802. The molecule has 24 heavy (non-hydrogen) atoms. The number of allylic oxidation sites excluding steroid dienone is 2. The molecule has 1 saturated carbocycles. The van der Waals surface area contributed by atoms with Gasteiger partial charge in [0, 0.05) is 17.4 Å². The molecule has 110 valence electrons. The zero-order valence-corrected chi connectivity index (χ0v) is 12.7. The highest BCUT2D eigenvalue weighted by Gasteiger charge is 2.90. The Morgan fingerprint density at radius 1 is 0.792 bits per heavy atom. The van der Waals surface area contributed by atoms with Gasteiger partial charge in [0.15, 0.2) is 0 Å². The molecule has 2 unspecified atom stereocenters. The van der Waals surface area contributed by atoms with Gasteiger partial charge >= 0.3 is 0 Å². The lowest BCUT2D eigenvalue weighted by atomic mass is 9.82. The maximum atomic E-state index is 10.1. The minimum Gasteiger partial charge on any atom is -0.198 e. The highest BCUT2D eigenvalue weighted by molar-refractivity contribution is 5.94. The second-order valence-electron chi connectivity index (χ2n) is 6.66. The van der Waals surface area contributed by atoms with Gasteiger partial charge in [0.05, 0.1) is 18.2 Å². The summed E-state index contributed by atoms with van der Waals surface area (Å²) in [5, 5.41) is 30.0. The van der Waals surface area contributed by atoms with Crippen LogP contribution in [0.4, 0.5) is 0 Å². The van der Waals surface area contributed by atoms with Gasteiger partial charge < -0.3 is 0 Å². The summed E-state index contributed by atoms with van der Waals surface area (Å²) >= 11 is 0. The van der Waals surface area contributed by atoms with Gasteiger partial charge in [0.2, 0.25) is 0 Å². The fourth-order valence-electron chi connectivity index (χ4n) is 5.28. The van der Waals surface area contributed by atoms with Crippen LogP contribution in [-0.2, 0) is 0 Å². The van der Waals surface area contributed by atoms with Gasteiger partial charge in [0.25, 0.3) is 0 Å². The van der Waals surface area contributed by atoms with E-state index < -0.39 is 10.8 Å². The molecule has 3 heteroatoms. The van der Waals surface area contributed by atoms with E-state index in [1.807, 2.05) is 54.6 Å². The van der Waals surface area contributed by atoms with Crippen molar-refractivity contribution >= 4 is 5.57 Å². The van der Waals surface area contributed by atoms with E-state index >= 15 is 0 Å². The first-order valence-electron chi connectivity index (χ1n) is 7.89. The van der Waals surface area contributed by atoms with Crippen LogP contribution in [-0.4, -0.2) is 0 Å². The van der Waals surface area contributed by atoms with Gasteiger partial charge in [-0.1, -0.05) is 54.6 Å². The summed E-state index contributed by atoms with van der Waals surface area (Å²) in [5.74, 6) is -0.419. The van der Waals surface area contributed by atoms with Crippen LogP contribution in [0.2, 0.25) is 0 Å². The molecular formula is C21H11N3. The van der Waals surface area contributed by atoms with Gasteiger partial charge in [-0.2, -0.15) is 15.8 Å². The summed E-state index contributed by atoms with van der Waals surface area (Å²) in [6, 6.07) is 24.8. The van der Waals surface area contributed by atoms with Gasteiger partial charge in [-0.25, -0.2) is 0 Å². The first kappa shape index (κ1) is 13.1. The van der Waals surface area contributed by atoms with Gasteiger partial charge in [-0.15, -0.1) is 0 Å². The fourth-order valence-corrected chi connectivity index (χ4v) is 5.28. The lowest BCUT2D eigenvalue weighted by Crippen LogP contribution is -2.14. The highest BCUT2D eigenvalue weighted by Crippen LogP contribution is 2.91. The first-order valence-corrected chi connectivity index (χ1v) is 7.89. The van der Waals surface area contributed by atoms with Crippen LogP contribution in [0.15, 0.2) is 60.2 Å². The average molecular weight is 305 g/mol. The van der Waals surface area contributed by atoms with Crippen LogP contribution >= 0.6 is 0 Å². The topological polar surface area (TPSA) is 71.4 Å². The van der Waals surface area contributed by atoms with Gasteiger partial charge in [0.1, 0.15) is 10.8 Å². The van der Waals surface area contributed by atoms with Gasteiger partial charge in [-0.3, -0.25) is 0 Å². The van der Waals surface area contributed by atoms with E-state index in [0.29, 0.717) is 5.57 Å². The molecule has 0 N–H and O–H groups in total. The molecule has 4 atom stereocenters. The molecule has 0 bridgehead atoms. The summed E-state index contributed by atoms with van der Waals surface area (Å²) in [4.78, 5) is 0. The lowest BCUT2D eigenvalue weighted by Gasteiger charge is -2.16. The summed E-state index contributed by atoms with van der Waals surface area (Å²) in [7, 11) is 0. The van der Waals surface area contributed by atoms with Crippen molar-refractivity contribution in [2.24, 2.45) is 10.8 Å². The summed E-state index contributed by atoms with van der Waals surface area (Å²) < 4.78 is 0. The van der Waals surface area contributed by atoms with E-state index in [1.54, 1.807) is 0 Å². The van der Waals surface area contributed by atoms with E-state index in [-0.39, 0.29) is 11.8 Å². The van der Waals surface area contributed by atoms with Crippen molar-refractivity contribution in [1.29, 1.82) is 15.8 Å². The first-order chi connectivity index (χ1) is 11.8.